The van der Waals surface area contributed by atoms with Gasteiger partial charge in [-0.1, -0.05) is 19.4 Å². The van der Waals surface area contributed by atoms with Crippen LogP contribution in [0.5, 0.6) is 0 Å². The number of carbonyl (C=O) groups excluding carboxylic acids is 1. The molecular weight excluding hydrogens is 378 g/mol. The van der Waals surface area contributed by atoms with Crippen molar-refractivity contribution in [1.29, 1.82) is 0 Å². The van der Waals surface area contributed by atoms with Crippen LogP contribution in [0.25, 0.3) is 0 Å². The van der Waals surface area contributed by atoms with E-state index in [1.807, 2.05) is 6.92 Å². The first-order valence-corrected chi connectivity index (χ1v) is 11.2. The van der Waals surface area contributed by atoms with E-state index >= 15 is 0 Å². The highest BCUT2D eigenvalue weighted by Gasteiger charge is 2.23. The standard InChI is InChI=1S/C19H25N5O3S/c1-3-7-15-19(24-10-4-5-11-24)23-18(16(22-15)17(20)25)21-13-8-6-9-14(12-13)28(2,26)27/h6,8-9,12H,3-5,7,10-11H2,1-2H3,(H2,20,25)(H,21,23). The van der Waals surface area contributed by atoms with Gasteiger partial charge in [0.25, 0.3) is 5.91 Å². The van der Waals surface area contributed by atoms with Gasteiger partial charge in [0.1, 0.15) is 0 Å². The molecule has 3 N–H and O–H groups in total. The molecule has 3 rings (SSSR count). The molecule has 0 aliphatic carbocycles. The Morgan fingerprint density at radius 2 is 1.96 bits per heavy atom. The molecule has 28 heavy (non-hydrogen) atoms. The molecular formula is C19H25N5O3S. The maximum Gasteiger partial charge on any atom is 0.271 e. The summed E-state index contributed by atoms with van der Waals surface area (Å²) in [6.07, 6.45) is 4.89. The molecule has 0 unspecified atom stereocenters. The SMILES string of the molecule is CCCc1nc(C(N)=O)c(Nc2cccc(S(C)(=O)=O)c2)nc1N1CCCC1. The normalized spacial score (nSPS) is 14.3. The molecule has 2 heterocycles. The summed E-state index contributed by atoms with van der Waals surface area (Å²) in [5.41, 5.74) is 6.85. The van der Waals surface area contributed by atoms with Crippen LogP contribution in [0.1, 0.15) is 42.4 Å². The number of nitrogens with two attached hydrogens (primary N) is 1. The van der Waals surface area contributed by atoms with Crippen molar-refractivity contribution in [3.63, 3.8) is 0 Å². The lowest BCUT2D eigenvalue weighted by atomic mass is 10.2. The number of sulfone groups is 1. The van der Waals surface area contributed by atoms with Gasteiger partial charge in [0.2, 0.25) is 0 Å². The number of amides is 1. The lowest BCUT2D eigenvalue weighted by Crippen LogP contribution is -2.25. The van der Waals surface area contributed by atoms with E-state index in [2.05, 4.69) is 20.2 Å². The van der Waals surface area contributed by atoms with Crippen molar-refractivity contribution in [2.24, 2.45) is 5.73 Å². The Morgan fingerprint density at radius 1 is 1.25 bits per heavy atom. The quantitative estimate of drug-likeness (QED) is 0.728. The lowest BCUT2D eigenvalue weighted by Gasteiger charge is -2.21. The predicted molar refractivity (Wildman–Crippen MR) is 109 cm³/mol. The second-order valence-corrected chi connectivity index (χ2v) is 8.94. The summed E-state index contributed by atoms with van der Waals surface area (Å²) in [4.78, 5) is 23.5. The number of anilines is 3. The number of primary amides is 1. The van der Waals surface area contributed by atoms with E-state index in [1.165, 1.54) is 12.1 Å². The predicted octanol–water partition coefficient (Wildman–Crippen LogP) is 2.28. The smallest absolute Gasteiger partial charge is 0.271 e. The lowest BCUT2D eigenvalue weighted by molar-refractivity contribution is 0.0996. The highest BCUT2D eigenvalue weighted by molar-refractivity contribution is 7.90. The van der Waals surface area contributed by atoms with Crippen LogP contribution in [-0.4, -0.2) is 43.6 Å². The molecule has 150 valence electrons. The van der Waals surface area contributed by atoms with Gasteiger partial charge in [-0.3, -0.25) is 4.79 Å². The number of aromatic nitrogens is 2. The number of hydrogen-bond acceptors (Lipinski definition) is 7. The van der Waals surface area contributed by atoms with E-state index in [0.717, 1.165) is 50.1 Å². The van der Waals surface area contributed by atoms with Crippen LogP contribution in [0.15, 0.2) is 29.2 Å². The third-order valence-corrected chi connectivity index (χ3v) is 5.71. The second kappa shape index (κ2) is 8.14. The van der Waals surface area contributed by atoms with Crippen molar-refractivity contribution < 1.29 is 13.2 Å². The van der Waals surface area contributed by atoms with Gasteiger partial charge in [-0.05, 0) is 37.5 Å². The van der Waals surface area contributed by atoms with Gasteiger partial charge in [0.15, 0.2) is 27.2 Å². The number of hydrogen-bond donors (Lipinski definition) is 2. The molecule has 1 amide bonds. The molecule has 1 fully saturated rings. The van der Waals surface area contributed by atoms with Gasteiger partial charge in [-0.15, -0.1) is 0 Å². The number of aryl methyl sites for hydroxylation is 1. The monoisotopic (exact) mass is 403 g/mol. The Labute approximate surface area is 165 Å². The summed E-state index contributed by atoms with van der Waals surface area (Å²) < 4.78 is 23.6. The van der Waals surface area contributed by atoms with E-state index in [-0.39, 0.29) is 16.4 Å². The van der Waals surface area contributed by atoms with Crippen molar-refractivity contribution >= 4 is 33.1 Å². The molecule has 1 aliphatic rings. The van der Waals surface area contributed by atoms with Crippen molar-refractivity contribution in [3.8, 4) is 0 Å². The molecule has 8 nitrogen and oxygen atoms in total. The Hall–Kier alpha value is -2.68. The van der Waals surface area contributed by atoms with Crippen LogP contribution >= 0.6 is 0 Å². The van der Waals surface area contributed by atoms with E-state index in [9.17, 15) is 13.2 Å². The van der Waals surface area contributed by atoms with Crippen LogP contribution in [0.3, 0.4) is 0 Å². The van der Waals surface area contributed by atoms with Crippen molar-refractivity contribution in [2.45, 2.75) is 37.5 Å². The summed E-state index contributed by atoms with van der Waals surface area (Å²) >= 11 is 0. The van der Waals surface area contributed by atoms with E-state index < -0.39 is 15.7 Å². The molecule has 0 spiro atoms. The Kier molecular flexibility index (Phi) is 5.83. The first kappa shape index (κ1) is 20.1. The molecule has 2 aromatic rings. The minimum absolute atomic E-state index is 0.0520. The third kappa shape index (κ3) is 4.41. The summed E-state index contributed by atoms with van der Waals surface area (Å²) in [6.45, 7) is 3.83. The third-order valence-electron chi connectivity index (χ3n) is 4.60. The fourth-order valence-corrected chi connectivity index (χ4v) is 3.91. The molecule has 1 saturated heterocycles. The van der Waals surface area contributed by atoms with Crippen LogP contribution in [0, 0.1) is 0 Å². The zero-order valence-electron chi connectivity index (χ0n) is 16.1. The summed E-state index contributed by atoms with van der Waals surface area (Å²) in [6, 6.07) is 6.35. The number of nitrogens with one attached hydrogen (secondary N) is 1. The molecule has 1 aromatic carbocycles. The fraction of sp³-hybridized carbons (Fsp3) is 0.421. The van der Waals surface area contributed by atoms with Crippen LogP contribution in [0.2, 0.25) is 0 Å². The van der Waals surface area contributed by atoms with Crippen molar-refractivity contribution in [2.75, 3.05) is 29.6 Å². The van der Waals surface area contributed by atoms with Crippen LogP contribution in [0.4, 0.5) is 17.3 Å². The zero-order valence-corrected chi connectivity index (χ0v) is 16.9. The molecule has 1 aromatic heterocycles. The van der Waals surface area contributed by atoms with Gasteiger partial charge in [0.05, 0.1) is 10.6 Å². The van der Waals surface area contributed by atoms with E-state index in [1.54, 1.807) is 12.1 Å². The average Bonchev–Trinajstić information content (AvgIpc) is 3.16. The van der Waals surface area contributed by atoms with Gasteiger partial charge in [-0.25, -0.2) is 18.4 Å². The Bertz CT molecular complexity index is 985. The van der Waals surface area contributed by atoms with E-state index in [0.29, 0.717) is 12.1 Å². The Morgan fingerprint density at radius 3 is 2.57 bits per heavy atom. The molecule has 0 atom stereocenters. The highest BCUT2D eigenvalue weighted by atomic mass is 32.2. The molecule has 1 aliphatic heterocycles. The maximum atomic E-state index is 12.0. The average molecular weight is 404 g/mol. The number of rotatable bonds is 7. The van der Waals surface area contributed by atoms with Crippen molar-refractivity contribution in [3.05, 3.63) is 35.7 Å². The minimum Gasteiger partial charge on any atom is -0.364 e. The molecule has 0 saturated carbocycles. The Balaban J connectivity index is 2.06. The largest absolute Gasteiger partial charge is 0.364 e. The second-order valence-electron chi connectivity index (χ2n) is 6.92. The first-order chi connectivity index (χ1) is 13.3. The van der Waals surface area contributed by atoms with Crippen molar-refractivity contribution in [1.82, 2.24) is 9.97 Å². The summed E-state index contributed by atoms with van der Waals surface area (Å²) in [5.74, 6) is 0.311. The topological polar surface area (TPSA) is 118 Å². The van der Waals surface area contributed by atoms with E-state index in [4.69, 9.17) is 5.73 Å². The number of nitrogens with zero attached hydrogens (tertiary/aromatic N) is 3. The number of carbonyl (C=O) groups is 1. The van der Waals surface area contributed by atoms with Gasteiger partial charge in [0, 0.05) is 25.0 Å². The maximum absolute atomic E-state index is 12.0. The van der Waals surface area contributed by atoms with Gasteiger partial charge in [-0.2, -0.15) is 0 Å². The minimum atomic E-state index is -3.36. The molecule has 9 heteroatoms. The van der Waals surface area contributed by atoms with Gasteiger partial charge >= 0.3 is 0 Å². The molecule has 0 radical (unpaired) electrons. The van der Waals surface area contributed by atoms with Crippen LogP contribution in [-0.2, 0) is 16.3 Å². The summed E-state index contributed by atoms with van der Waals surface area (Å²) in [7, 11) is -3.36. The van der Waals surface area contributed by atoms with Gasteiger partial charge < -0.3 is 16.0 Å². The first-order valence-electron chi connectivity index (χ1n) is 9.32. The zero-order chi connectivity index (χ0) is 20.3. The number of benzene rings is 1. The summed E-state index contributed by atoms with van der Waals surface area (Å²) in [5, 5.41) is 3.03. The van der Waals surface area contributed by atoms with Crippen LogP contribution < -0.4 is 16.0 Å². The highest BCUT2D eigenvalue weighted by Crippen LogP contribution is 2.28. The fourth-order valence-electron chi connectivity index (χ4n) is 3.25. The molecule has 0 bridgehead atoms.